The van der Waals surface area contributed by atoms with Gasteiger partial charge in [-0.05, 0) is 30.4 Å². The highest BCUT2D eigenvalue weighted by Crippen LogP contribution is 2.29. The SMILES string of the molecule is Cc1ncsc1-c1ccc(C(C)NC(=O)[C@@H]2C[C@@H](O)CN2C(=O)C(NC(=O)CCOCCOCCOCCC(=O)O)C(C)(C)C)cc1. The first-order valence-electron chi connectivity index (χ1n) is 15.8. The van der Waals surface area contributed by atoms with Crippen molar-refractivity contribution in [3.05, 3.63) is 41.0 Å². The van der Waals surface area contributed by atoms with Crippen molar-refractivity contribution in [2.75, 3.05) is 46.2 Å². The van der Waals surface area contributed by atoms with Crippen LogP contribution in [0.2, 0.25) is 0 Å². The number of aliphatic carboxylic acids is 1. The van der Waals surface area contributed by atoms with Gasteiger partial charge in [0.25, 0.3) is 0 Å². The molecular formula is C33H48N4O9S. The summed E-state index contributed by atoms with van der Waals surface area (Å²) in [5.41, 5.74) is 4.05. The number of hydrogen-bond acceptors (Lipinski definition) is 10. The second-order valence-corrected chi connectivity index (χ2v) is 13.5. The standard InChI is InChI=1S/C33H48N4O9S/c1-21(23-6-8-24(9-7-23)29-22(2)34-20-47-29)35-31(42)26-18-25(38)19-37(26)32(43)30(33(3,4)5)36-27(39)10-12-44-14-16-46-17-15-45-13-11-28(40)41/h6-9,20-21,25-26,30,38H,10-19H2,1-5H3,(H,35,42)(H,36,39)(H,40,41)/t21?,25-,26+,30?/m1/s1. The zero-order valence-corrected chi connectivity index (χ0v) is 28.6. The molecule has 0 aliphatic carbocycles. The number of benzene rings is 1. The Morgan fingerprint density at radius 2 is 1.57 bits per heavy atom. The molecule has 0 radical (unpaired) electrons. The lowest BCUT2D eigenvalue weighted by atomic mass is 9.85. The van der Waals surface area contributed by atoms with Crippen molar-refractivity contribution in [3.8, 4) is 10.4 Å². The second kappa shape index (κ2) is 18.2. The van der Waals surface area contributed by atoms with Gasteiger partial charge in [0.15, 0.2) is 0 Å². The van der Waals surface area contributed by atoms with Gasteiger partial charge in [0.2, 0.25) is 17.7 Å². The number of carbonyl (C=O) groups is 4. The molecule has 4 atom stereocenters. The van der Waals surface area contributed by atoms with E-state index in [1.807, 2.05) is 64.4 Å². The molecule has 0 saturated carbocycles. The molecule has 260 valence electrons. The number of nitrogens with zero attached hydrogens (tertiary/aromatic N) is 2. The minimum absolute atomic E-state index is 0.00956. The molecule has 1 aliphatic rings. The van der Waals surface area contributed by atoms with Crippen molar-refractivity contribution < 1.29 is 43.6 Å². The molecule has 47 heavy (non-hydrogen) atoms. The van der Waals surface area contributed by atoms with Gasteiger partial charge in [-0.15, -0.1) is 11.3 Å². The fourth-order valence-electron chi connectivity index (χ4n) is 5.11. The zero-order valence-electron chi connectivity index (χ0n) is 27.8. The van der Waals surface area contributed by atoms with Gasteiger partial charge in [-0.25, -0.2) is 4.98 Å². The van der Waals surface area contributed by atoms with Gasteiger partial charge in [-0.3, -0.25) is 19.2 Å². The lowest BCUT2D eigenvalue weighted by Crippen LogP contribution is -2.58. The Bertz CT molecular complexity index is 1330. The van der Waals surface area contributed by atoms with Gasteiger partial charge in [-0.1, -0.05) is 45.0 Å². The van der Waals surface area contributed by atoms with Crippen LogP contribution in [0.5, 0.6) is 0 Å². The number of aromatic nitrogens is 1. The number of thiazole rings is 1. The Morgan fingerprint density at radius 3 is 2.13 bits per heavy atom. The molecule has 4 N–H and O–H groups in total. The van der Waals surface area contributed by atoms with Gasteiger partial charge in [-0.2, -0.15) is 0 Å². The zero-order chi connectivity index (χ0) is 34.6. The second-order valence-electron chi connectivity index (χ2n) is 12.6. The average Bonchev–Trinajstić information content (AvgIpc) is 3.62. The molecular weight excluding hydrogens is 628 g/mol. The van der Waals surface area contributed by atoms with Crippen LogP contribution in [0.15, 0.2) is 29.8 Å². The number of amides is 3. The topological polar surface area (TPSA) is 177 Å². The molecule has 1 aromatic heterocycles. The fourth-order valence-corrected chi connectivity index (χ4v) is 5.93. The molecule has 14 heteroatoms. The molecule has 13 nitrogen and oxygen atoms in total. The van der Waals surface area contributed by atoms with Crippen LogP contribution in [0.3, 0.4) is 0 Å². The molecule has 3 rings (SSSR count). The lowest BCUT2D eigenvalue weighted by Gasteiger charge is -2.35. The largest absolute Gasteiger partial charge is 0.481 e. The number of carbonyl (C=O) groups excluding carboxylic acids is 3. The Balaban J connectivity index is 1.49. The predicted octanol–water partition coefficient (Wildman–Crippen LogP) is 2.70. The Labute approximate surface area is 280 Å². The smallest absolute Gasteiger partial charge is 0.305 e. The maximum Gasteiger partial charge on any atom is 0.305 e. The van der Waals surface area contributed by atoms with Gasteiger partial charge in [0, 0.05) is 19.4 Å². The summed E-state index contributed by atoms with van der Waals surface area (Å²) in [6.07, 6.45) is -0.810. The third-order valence-electron chi connectivity index (χ3n) is 7.74. The number of carboxylic acid groups (broad SMARTS) is 1. The van der Waals surface area contributed by atoms with E-state index in [0.717, 1.165) is 21.7 Å². The van der Waals surface area contributed by atoms with Crippen LogP contribution in [-0.2, 0) is 33.4 Å². The normalized spacial score (nSPS) is 17.7. The summed E-state index contributed by atoms with van der Waals surface area (Å²) in [6.45, 7) is 10.7. The van der Waals surface area contributed by atoms with Crippen molar-refractivity contribution in [2.24, 2.45) is 5.41 Å². The van der Waals surface area contributed by atoms with Crippen molar-refractivity contribution >= 4 is 35.0 Å². The number of carboxylic acids is 1. The van der Waals surface area contributed by atoms with Crippen LogP contribution in [0.25, 0.3) is 10.4 Å². The van der Waals surface area contributed by atoms with Crippen LogP contribution in [-0.4, -0.2) is 108 Å². The Morgan fingerprint density at radius 1 is 0.979 bits per heavy atom. The number of aryl methyl sites for hydroxylation is 1. The average molecular weight is 677 g/mol. The minimum atomic E-state index is -0.930. The van der Waals surface area contributed by atoms with Crippen molar-refractivity contribution in [2.45, 2.75) is 78.1 Å². The number of nitrogens with one attached hydrogen (secondary N) is 2. The van der Waals surface area contributed by atoms with Crippen molar-refractivity contribution in [3.63, 3.8) is 0 Å². The molecule has 2 unspecified atom stereocenters. The maximum absolute atomic E-state index is 13.8. The van der Waals surface area contributed by atoms with E-state index in [1.165, 1.54) is 4.90 Å². The predicted molar refractivity (Wildman–Crippen MR) is 176 cm³/mol. The van der Waals surface area contributed by atoms with Crippen LogP contribution < -0.4 is 10.6 Å². The first kappa shape index (κ1) is 38.0. The molecule has 3 amide bonds. The highest BCUT2D eigenvalue weighted by atomic mass is 32.1. The molecule has 2 aromatic rings. The molecule has 0 spiro atoms. The van der Waals surface area contributed by atoms with E-state index in [4.69, 9.17) is 19.3 Å². The monoisotopic (exact) mass is 676 g/mol. The maximum atomic E-state index is 13.8. The van der Waals surface area contributed by atoms with E-state index in [-0.39, 0.29) is 76.7 Å². The molecule has 1 saturated heterocycles. The van der Waals surface area contributed by atoms with Crippen LogP contribution in [0, 0.1) is 12.3 Å². The quantitative estimate of drug-likeness (QED) is 0.172. The van der Waals surface area contributed by atoms with E-state index in [1.54, 1.807) is 11.3 Å². The van der Waals surface area contributed by atoms with E-state index in [0.29, 0.717) is 6.61 Å². The first-order valence-corrected chi connectivity index (χ1v) is 16.7. The minimum Gasteiger partial charge on any atom is -0.481 e. The molecule has 1 aromatic carbocycles. The third-order valence-corrected chi connectivity index (χ3v) is 8.72. The lowest BCUT2D eigenvalue weighted by molar-refractivity contribution is -0.144. The van der Waals surface area contributed by atoms with Crippen LogP contribution in [0.1, 0.15) is 64.3 Å². The molecule has 1 aliphatic heterocycles. The number of likely N-dealkylation sites (tertiary alicyclic amines) is 1. The summed E-state index contributed by atoms with van der Waals surface area (Å²) in [4.78, 5) is 57.3. The highest BCUT2D eigenvalue weighted by Gasteiger charge is 2.44. The molecule has 1 fully saturated rings. The number of aliphatic hydroxyl groups excluding tert-OH is 1. The van der Waals surface area contributed by atoms with Crippen molar-refractivity contribution in [1.82, 2.24) is 20.5 Å². The number of rotatable bonds is 18. The van der Waals surface area contributed by atoms with Gasteiger partial charge >= 0.3 is 5.97 Å². The summed E-state index contributed by atoms with van der Waals surface area (Å²) < 4.78 is 16.0. The number of aliphatic hydroxyl groups is 1. The van der Waals surface area contributed by atoms with Crippen molar-refractivity contribution in [1.29, 1.82) is 0 Å². The highest BCUT2D eigenvalue weighted by molar-refractivity contribution is 7.13. The van der Waals surface area contributed by atoms with Crippen LogP contribution in [0.4, 0.5) is 0 Å². The third kappa shape index (κ3) is 12.0. The Kier molecular flexibility index (Phi) is 14.7. The van der Waals surface area contributed by atoms with E-state index >= 15 is 0 Å². The van der Waals surface area contributed by atoms with Gasteiger partial charge < -0.3 is 40.0 Å². The van der Waals surface area contributed by atoms with Crippen LogP contribution >= 0.6 is 11.3 Å². The number of hydrogen-bond donors (Lipinski definition) is 4. The van der Waals surface area contributed by atoms with Gasteiger partial charge in [0.05, 0.1) is 74.3 Å². The number of ether oxygens (including phenoxy) is 3. The van der Waals surface area contributed by atoms with Gasteiger partial charge in [0.1, 0.15) is 12.1 Å². The number of β-amino-alcohol motifs (C(OH)–C–C–N with tert-alkyl or cyclic N) is 1. The van der Waals surface area contributed by atoms with E-state index in [2.05, 4.69) is 15.6 Å². The summed E-state index contributed by atoms with van der Waals surface area (Å²) in [6, 6.07) is 5.75. The summed E-state index contributed by atoms with van der Waals surface area (Å²) in [5, 5.41) is 24.9. The summed E-state index contributed by atoms with van der Waals surface area (Å²) in [7, 11) is 0. The first-order chi connectivity index (χ1) is 22.3. The molecule has 2 heterocycles. The summed E-state index contributed by atoms with van der Waals surface area (Å²) in [5.74, 6) is -2.10. The van der Waals surface area contributed by atoms with E-state index < -0.39 is 35.5 Å². The molecule has 0 bridgehead atoms. The van der Waals surface area contributed by atoms with E-state index in [9.17, 15) is 24.3 Å². The summed E-state index contributed by atoms with van der Waals surface area (Å²) >= 11 is 1.57. The Hall–Kier alpha value is -3.43. The fraction of sp³-hybridized carbons (Fsp3) is 0.606.